The Morgan fingerprint density at radius 3 is 2.79 bits per heavy atom. The zero-order chi connectivity index (χ0) is 21.0. The summed E-state index contributed by atoms with van der Waals surface area (Å²) in [4.78, 5) is 27.6. The van der Waals surface area contributed by atoms with Gasteiger partial charge in [0.1, 0.15) is 11.8 Å². The molecule has 0 spiro atoms. The van der Waals surface area contributed by atoms with E-state index in [4.69, 9.17) is 4.74 Å². The molecule has 0 aromatic heterocycles. The topological polar surface area (TPSA) is 70.7 Å². The number of halogens is 1. The molecule has 0 saturated heterocycles. The minimum Gasteiger partial charge on any atom is -0.496 e. The number of amides is 2. The van der Waals surface area contributed by atoms with E-state index in [0.29, 0.717) is 18.7 Å². The van der Waals surface area contributed by atoms with E-state index in [1.807, 2.05) is 42.5 Å². The van der Waals surface area contributed by atoms with Crippen LogP contribution in [0.2, 0.25) is 0 Å². The first-order chi connectivity index (χ1) is 13.9. The van der Waals surface area contributed by atoms with Gasteiger partial charge in [0.05, 0.1) is 19.7 Å². The molecule has 1 aliphatic heterocycles. The number of likely N-dealkylation sites (N-methyl/N-ethyl adjacent to an activating group) is 1. The molecule has 0 fully saturated rings. The summed E-state index contributed by atoms with van der Waals surface area (Å²) in [6, 6.07) is 12.7. The molecule has 0 aliphatic carbocycles. The Morgan fingerprint density at radius 1 is 1.31 bits per heavy atom. The Labute approximate surface area is 179 Å². The average molecular weight is 460 g/mol. The highest BCUT2D eigenvalue weighted by molar-refractivity contribution is 9.10. The molecule has 0 saturated carbocycles. The third-order valence-corrected chi connectivity index (χ3v) is 5.76. The summed E-state index contributed by atoms with van der Waals surface area (Å²) in [5.74, 6) is 0.410. The molecule has 7 heteroatoms. The van der Waals surface area contributed by atoms with E-state index in [2.05, 4.69) is 26.6 Å². The van der Waals surface area contributed by atoms with E-state index < -0.39 is 6.04 Å². The highest BCUT2D eigenvalue weighted by atomic mass is 79.9. The van der Waals surface area contributed by atoms with Crippen LogP contribution in [0.3, 0.4) is 0 Å². The molecule has 2 aromatic rings. The minimum absolute atomic E-state index is 0.114. The summed E-state index contributed by atoms with van der Waals surface area (Å²) in [6.07, 6.45) is 1.28. The van der Waals surface area contributed by atoms with Gasteiger partial charge in [0.15, 0.2) is 0 Å². The number of carbonyl (C=O) groups excluding carboxylic acids is 2. The quantitative estimate of drug-likeness (QED) is 0.696. The number of hydrogen-bond donors (Lipinski definition) is 2. The smallest absolute Gasteiger partial charge is 0.249 e. The van der Waals surface area contributed by atoms with Crippen molar-refractivity contribution in [3.63, 3.8) is 0 Å². The molecule has 2 aromatic carbocycles. The van der Waals surface area contributed by atoms with Gasteiger partial charge in [-0.3, -0.25) is 9.59 Å². The van der Waals surface area contributed by atoms with Gasteiger partial charge in [0.2, 0.25) is 11.8 Å². The van der Waals surface area contributed by atoms with Crippen LogP contribution in [0, 0.1) is 0 Å². The van der Waals surface area contributed by atoms with Crippen molar-refractivity contribution in [2.45, 2.75) is 38.4 Å². The number of aryl methyl sites for hydroxylation is 1. The van der Waals surface area contributed by atoms with Gasteiger partial charge in [-0.1, -0.05) is 40.2 Å². The minimum atomic E-state index is -0.577. The van der Waals surface area contributed by atoms with Crippen LogP contribution in [0.4, 0.5) is 5.69 Å². The van der Waals surface area contributed by atoms with Crippen molar-refractivity contribution in [2.75, 3.05) is 19.1 Å². The van der Waals surface area contributed by atoms with Crippen LogP contribution >= 0.6 is 15.9 Å². The Bertz CT molecular complexity index is 903. The van der Waals surface area contributed by atoms with Crippen molar-refractivity contribution in [3.05, 3.63) is 58.1 Å². The van der Waals surface area contributed by atoms with Gasteiger partial charge in [0.25, 0.3) is 0 Å². The lowest BCUT2D eigenvalue weighted by atomic mass is 10.1. The molecule has 2 amide bonds. The van der Waals surface area contributed by atoms with Crippen LogP contribution in [-0.2, 0) is 22.6 Å². The van der Waals surface area contributed by atoms with Gasteiger partial charge in [-0.25, -0.2) is 0 Å². The average Bonchev–Trinajstić information content (AvgIpc) is 2.86. The van der Waals surface area contributed by atoms with Crippen LogP contribution in [0.5, 0.6) is 5.75 Å². The molecular formula is C22H26BrN3O3. The lowest BCUT2D eigenvalue weighted by molar-refractivity contribution is -0.128. The summed E-state index contributed by atoms with van der Waals surface area (Å²) >= 11 is 3.46. The van der Waals surface area contributed by atoms with Crippen LogP contribution in [0.25, 0.3) is 0 Å². The van der Waals surface area contributed by atoms with Crippen molar-refractivity contribution in [1.82, 2.24) is 10.6 Å². The number of carbonyl (C=O) groups is 2. The first kappa shape index (κ1) is 21.3. The fourth-order valence-electron chi connectivity index (χ4n) is 3.46. The predicted octanol–water partition coefficient (Wildman–Crippen LogP) is 3.03. The first-order valence-corrected chi connectivity index (χ1v) is 10.4. The molecule has 6 nitrogen and oxygen atoms in total. The van der Waals surface area contributed by atoms with E-state index in [9.17, 15) is 9.59 Å². The Balaban J connectivity index is 1.95. The number of nitrogens with zero attached hydrogens (tertiary/aromatic N) is 1. The van der Waals surface area contributed by atoms with Crippen LogP contribution < -0.4 is 20.3 Å². The fourth-order valence-corrected chi connectivity index (χ4v) is 3.80. The summed E-state index contributed by atoms with van der Waals surface area (Å²) in [6.45, 7) is 2.13. The van der Waals surface area contributed by atoms with Gasteiger partial charge < -0.3 is 20.3 Å². The number of rotatable bonds is 6. The zero-order valence-electron chi connectivity index (χ0n) is 16.9. The maximum absolute atomic E-state index is 13.5. The summed E-state index contributed by atoms with van der Waals surface area (Å²) in [5.41, 5.74) is 2.87. The number of ether oxygens (including phenoxy) is 1. The largest absolute Gasteiger partial charge is 0.496 e. The molecule has 0 unspecified atom stereocenters. The predicted molar refractivity (Wildman–Crippen MR) is 117 cm³/mol. The van der Waals surface area contributed by atoms with Gasteiger partial charge >= 0.3 is 0 Å². The van der Waals surface area contributed by atoms with E-state index in [-0.39, 0.29) is 17.9 Å². The molecule has 154 valence electrons. The first-order valence-electron chi connectivity index (χ1n) is 9.64. The van der Waals surface area contributed by atoms with Crippen LogP contribution in [0.15, 0.2) is 46.9 Å². The molecule has 29 heavy (non-hydrogen) atoms. The SMILES string of the molecule is CN[C@@H](C)C(=O)N[C@H]1CCc2ccccc2N(Cc2ccc(Br)cc2OC)C1=O. The maximum Gasteiger partial charge on any atom is 0.249 e. The second-order valence-electron chi connectivity index (χ2n) is 7.12. The van der Waals surface area contributed by atoms with Crippen LogP contribution in [0.1, 0.15) is 24.5 Å². The number of benzene rings is 2. The molecule has 1 aliphatic rings. The molecule has 0 radical (unpaired) electrons. The van der Waals surface area contributed by atoms with Crippen molar-refractivity contribution in [2.24, 2.45) is 0 Å². The van der Waals surface area contributed by atoms with Crippen molar-refractivity contribution < 1.29 is 14.3 Å². The second-order valence-corrected chi connectivity index (χ2v) is 8.04. The number of fused-ring (bicyclic) bond motifs is 1. The van der Waals surface area contributed by atoms with Gasteiger partial charge in [-0.15, -0.1) is 0 Å². The standard InChI is InChI=1S/C22H26BrN3O3/c1-14(24-2)21(27)25-18-11-9-15-6-4-5-7-19(15)26(22(18)28)13-16-8-10-17(23)12-20(16)29-3/h4-8,10,12,14,18,24H,9,11,13H2,1-3H3,(H,25,27)/t14-,18-/m0/s1. The molecular weight excluding hydrogens is 434 g/mol. The highest BCUT2D eigenvalue weighted by Gasteiger charge is 2.32. The van der Waals surface area contributed by atoms with E-state index in [0.717, 1.165) is 27.7 Å². The maximum atomic E-state index is 13.5. The van der Waals surface area contributed by atoms with E-state index >= 15 is 0 Å². The third kappa shape index (κ3) is 4.79. The molecule has 2 N–H and O–H groups in total. The normalized spacial score (nSPS) is 17.3. The van der Waals surface area contributed by atoms with Crippen molar-refractivity contribution >= 4 is 33.4 Å². The third-order valence-electron chi connectivity index (χ3n) is 5.27. The van der Waals surface area contributed by atoms with Gasteiger partial charge in [0, 0.05) is 15.7 Å². The monoisotopic (exact) mass is 459 g/mol. The number of methoxy groups -OCH3 is 1. The van der Waals surface area contributed by atoms with Crippen molar-refractivity contribution in [3.8, 4) is 5.75 Å². The van der Waals surface area contributed by atoms with Gasteiger partial charge in [-0.2, -0.15) is 0 Å². The number of hydrogen-bond acceptors (Lipinski definition) is 4. The van der Waals surface area contributed by atoms with E-state index in [1.165, 1.54) is 0 Å². The lowest BCUT2D eigenvalue weighted by Crippen LogP contribution is -2.52. The fraction of sp³-hybridized carbons (Fsp3) is 0.364. The number of nitrogens with one attached hydrogen (secondary N) is 2. The van der Waals surface area contributed by atoms with Gasteiger partial charge in [-0.05, 0) is 50.6 Å². The van der Waals surface area contributed by atoms with E-state index in [1.54, 1.807) is 26.0 Å². The number of para-hydroxylation sites is 1. The summed E-state index contributed by atoms with van der Waals surface area (Å²) in [7, 11) is 3.34. The Kier molecular flexibility index (Phi) is 6.92. The Hall–Kier alpha value is -2.38. The molecule has 1 heterocycles. The summed E-state index contributed by atoms with van der Waals surface area (Å²) < 4.78 is 6.42. The summed E-state index contributed by atoms with van der Waals surface area (Å²) in [5, 5.41) is 5.83. The van der Waals surface area contributed by atoms with Crippen molar-refractivity contribution in [1.29, 1.82) is 0 Å². The number of anilines is 1. The molecule has 3 rings (SSSR count). The lowest BCUT2D eigenvalue weighted by Gasteiger charge is -2.27. The zero-order valence-corrected chi connectivity index (χ0v) is 18.5. The molecule has 2 atom stereocenters. The highest BCUT2D eigenvalue weighted by Crippen LogP contribution is 2.31. The van der Waals surface area contributed by atoms with Crippen LogP contribution in [-0.4, -0.2) is 38.1 Å². The molecule has 0 bridgehead atoms. The Morgan fingerprint density at radius 2 is 2.07 bits per heavy atom. The second kappa shape index (κ2) is 9.41.